The van der Waals surface area contributed by atoms with Crippen LogP contribution in [0, 0.1) is 0 Å². The van der Waals surface area contributed by atoms with Gasteiger partial charge in [-0.3, -0.25) is 9.59 Å². The lowest BCUT2D eigenvalue weighted by Crippen LogP contribution is -2.17. The van der Waals surface area contributed by atoms with E-state index in [-0.39, 0.29) is 23.1 Å². The van der Waals surface area contributed by atoms with Crippen LogP contribution in [0.25, 0.3) is 0 Å². The number of benzene rings is 1. The number of carbonyl (C=O) groups is 4. The summed E-state index contributed by atoms with van der Waals surface area (Å²) < 4.78 is 20.0. The van der Waals surface area contributed by atoms with Crippen LogP contribution in [0.4, 0.5) is 0 Å². The van der Waals surface area contributed by atoms with Gasteiger partial charge in [0, 0.05) is 12.8 Å². The summed E-state index contributed by atoms with van der Waals surface area (Å²) in [5.41, 5.74) is 0.545. The Morgan fingerprint density at radius 2 is 0.867 bits per heavy atom. The molecule has 2 aliphatic heterocycles. The van der Waals surface area contributed by atoms with Crippen molar-refractivity contribution in [3.8, 4) is 0 Å². The van der Waals surface area contributed by atoms with Crippen molar-refractivity contribution in [1.82, 2.24) is 0 Å². The molecule has 1 aromatic carbocycles. The van der Waals surface area contributed by atoms with Gasteiger partial charge in [0.05, 0.1) is 37.6 Å². The van der Waals surface area contributed by atoms with E-state index in [0.29, 0.717) is 65.0 Å². The third kappa shape index (κ3) is 8.63. The molecule has 0 N–H and O–H groups in total. The van der Waals surface area contributed by atoms with Crippen LogP contribution >= 0.6 is 0 Å². The number of esters is 4. The van der Waals surface area contributed by atoms with Crippen LogP contribution < -0.4 is 0 Å². The summed E-state index contributed by atoms with van der Waals surface area (Å²) in [7, 11) is 0. The summed E-state index contributed by atoms with van der Waals surface area (Å²) in [6, 6.07) is 6.53. The molecule has 2 aliphatic rings. The molecule has 0 radical (unpaired) electrons. The highest BCUT2D eigenvalue weighted by molar-refractivity contribution is 6.03. The Hall–Kier alpha value is -2.90. The van der Waals surface area contributed by atoms with Gasteiger partial charge in [0.25, 0.3) is 0 Å². The van der Waals surface area contributed by atoms with Crippen molar-refractivity contribution in [1.29, 1.82) is 0 Å². The molecule has 0 atom stereocenters. The summed E-state index contributed by atoms with van der Waals surface area (Å²) in [6.07, 6.45) is 5.17. The maximum absolute atomic E-state index is 11.6. The standard InChI is InChI=1S/C12H12O4.C10H16O4/c13-11-9-5-1-2-6-10(9)12(14)16-8-4-3-7-15-11;11-9-5-1-2-6-10(12)14-8-4-3-7-13-9/h1-2,5-6H,3-4,7-8H2;1-8H2. The molecule has 164 valence electrons. The minimum Gasteiger partial charge on any atom is -0.466 e. The highest BCUT2D eigenvalue weighted by Crippen LogP contribution is 2.14. The molecule has 1 fully saturated rings. The molecule has 0 saturated carbocycles. The van der Waals surface area contributed by atoms with Crippen molar-refractivity contribution in [3.63, 3.8) is 0 Å². The topological polar surface area (TPSA) is 105 Å². The van der Waals surface area contributed by atoms with E-state index in [1.54, 1.807) is 24.3 Å². The van der Waals surface area contributed by atoms with E-state index in [2.05, 4.69) is 0 Å². The van der Waals surface area contributed by atoms with Crippen molar-refractivity contribution in [2.45, 2.75) is 51.4 Å². The monoisotopic (exact) mass is 420 g/mol. The first kappa shape index (κ1) is 23.4. The van der Waals surface area contributed by atoms with Gasteiger partial charge in [0.15, 0.2) is 0 Å². The second-order valence-electron chi connectivity index (χ2n) is 6.88. The Kier molecular flexibility index (Phi) is 10.4. The predicted molar refractivity (Wildman–Crippen MR) is 106 cm³/mol. The van der Waals surface area contributed by atoms with Gasteiger partial charge in [-0.05, 0) is 50.7 Å². The van der Waals surface area contributed by atoms with Gasteiger partial charge in [-0.1, -0.05) is 12.1 Å². The fraction of sp³-hybridized carbons (Fsp3) is 0.545. The zero-order valence-corrected chi connectivity index (χ0v) is 17.1. The van der Waals surface area contributed by atoms with Gasteiger partial charge in [0.2, 0.25) is 0 Å². The summed E-state index contributed by atoms with van der Waals surface area (Å²) >= 11 is 0. The largest absolute Gasteiger partial charge is 0.466 e. The van der Waals surface area contributed by atoms with Crippen LogP contribution in [0.15, 0.2) is 24.3 Å². The Bertz CT molecular complexity index is 667. The Labute approximate surface area is 175 Å². The molecule has 1 aromatic rings. The molecule has 30 heavy (non-hydrogen) atoms. The van der Waals surface area contributed by atoms with E-state index in [0.717, 1.165) is 12.8 Å². The number of cyclic esters (lactones) is 4. The number of rotatable bonds is 0. The van der Waals surface area contributed by atoms with Gasteiger partial charge >= 0.3 is 23.9 Å². The first-order valence-corrected chi connectivity index (χ1v) is 10.3. The molecular weight excluding hydrogens is 392 g/mol. The number of carbonyl (C=O) groups excluding carboxylic acids is 4. The van der Waals surface area contributed by atoms with Crippen LogP contribution in [-0.2, 0) is 28.5 Å². The van der Waals surface area contributed by atoms with E-state index < -0.39 is 11.9 Å². The zero-order chi connectivity index (χ0) is 21.6. The van der Waals surface area contributed by atoms with Gasteiger partial charge < -0.3 is 18.9 Å². The smallest absolute Gasteiger partial charge is 0.339 e. The second-order valence-corrected chi connectivity index (χ2v) is 6.88. The molecule has 0 aliphatic carbocycles. The molecular formula is C22H28O8. The average molecular weight is 420 g/mol. The van der Waals surface area contributed by atoms with Crippen LogP contribution in [0.3, 0.4) is 0 Å². The summed E-state index contributed by atoms with van der Waals surface area (Å²) in [5.74, 6) is -1.23. The van der Waals surface area contributed by atoms with Gasteiger partial charge in [-0.15, -0.1) is 0 Å². The van der Waals surface area contributed by atoms with Crippen molar-refractivity contribution in [2.24, 2.45) is 0 Å². The first-order chi connectivity index (χ1) is 14.6. The second kappa shape index (κ2) is 13.3. The van der Waals surface area contributed by atoms with E-state index in [1.165, 1.54) is 0 Å². The SMILES string of the molecule is O=C1CCCCC(=O)OCCCCO1.O=C1OCCCCOC(=O)c2ccccc21. The molecule has 8 heteroatoms. The molecule has 1 saturated heterocycles. The number of hydrogen-bond acceptors (Lipinski definition) is 8. The predicted octanol–water partition coefficient (Wildman–Crippen LogP) is 3.22. The molecule has 0 amide bonds. The quantitative estimate of drug-likeness (QED) is 0.465. The fourth-order valence-electron chi connectivity index (χ4n) is 2.79. The van der Waals surface area contributed by atoms with E-state index in [1.807, 2.05) is 0 Å². The van der Waals surface area contributed by atoms with Crippen LogP contribution in [0.5, 0.6) is 0 Å². The fourth-order valence-corrected chi connectivity index (χ4v) is 2.79. The molecule has 0 spiro atoms. The van der Waals surface area contributed by atoms with Gasteiger partial charge in [0.1, 0.15) is 0 Å². The lowest BCUT2D eigenvalue weighted by atomic mass is 10.1. The van der Waals surface area contributed by atoms with E-state index in [9.17, 15) is 19.2 Å². The van der Waals surface area contributed by atoms with Crippen molar-refractivity contribution in [3.05, 3.63) is 35.4 Å². The molecule has 0 unspecified atom stereocenters. The highest BCUT2D eigenvalue weighted by atomic mass is 16.5. The zero-order valence-electron chi connectivity index (χ0n) is 17.1. The Morgan fingerprint density at radius 1 is 0.500 bits per heavy atom. The van der Waals surface area contributed by atoms with Crippen molar-refractivity contribution in [2.75, 3.05) is 26.4 Å². The molecule has 3 rings (SSSR count). The molecule has 2 heterocycles. The summed E-state index contributed by atoms with van der Waals surface area (Å²) in [5, 5.41) is 0. The Morgan fingerprint density at radius 3 is 1.27 bits per heavy atom. The van der Waals surface area contributed by atoms with Gasteiger partial charge in [-0.2, -0.15) is 0 Å². The minimum atomic E-state index is -0.463. The maximum atomic E-state index is 11.6. The van der Waals surface area contributed by atoms with Crippen LogP contribution in [0.2, 0.25) is 0 Å². The normalized spacial score (nSPS) is 19.1. The molecule has 0 aromatic heterocycles. The average Bonchev–Trinajstić information content (AvgIpc) is 2.75. The van der Waals surface area contributed by atoms with Crippen molar-refractivity contribution >= 4 is 23.9 Å². The minimum absolute atomic E-state index is 0.154. The lowest BCUT2D eigenvalue weighted by Gasteiger charge is -2.12. The summed E-state index contributed by atoms with van der Waals surface area (Å²) in [4.78, 5) is 45.4. The van der Waals surface area contributed by atoms with E-state index in [4.69, 9.17) is 18.9 Å². The Balaban J connectivity index is 0.000000216. The first-order valence-electron chi connectivity index (χ1n) is 10.3. The third-order valence-corrected chi connectivity index (χ3v) is 4.45. The summed E-state index contributed by atoms with van der Waals surface area (Å²) in [6.45, 7) is 1.61. The maximum Gasteiger partial charge on any atom is 0.339 e. The van der Waals surface area contributed by atoms with E-state index >= 15 is 0 Å². The van der Waals surface area contributed by atoms with Crippen molar-refractivity contribution < 1.29 is 38.1 Å². The van der Waals surface area contributed by atoms with Gasteiger partial charge in [-0.25, -0.2) is 9.59 Å². The lowest BCUT2D eigenvalue weighted by molar-refractivity contribution is -0.147. The number of fused-ring (bicyclic) bond motifs is 1. The highest BCUT2D eigenvalue weighted by Gasteiger charge is 2.19. The third-order valence-electron chi connectivity index (χ3n) is 4.45. The van der Waals surface area contributed by atoms with Crippen LogP contribution in [-0.4, -0.2) is 50.3 Å². The van der Waals surface area contributed by atoms with Crippen LogP contribution in [0.1, 0.15) is 72.1 Å². The molecule has 0 bridgehead atoms. The number of hydrogen-bond donors (Lipinski definition) is 0. The molecule has 8 nitrogen and oxygen atoms in total. The number of ether oxygens (including phenoxy) is 4.